The Kier molecular flexibility index (Phi) is 5.77. The Morgan fingerprint density at radius 2 is 1.90 bits per heavy atom. The Bertz CT molecular complexity index is 1080. The lowest BCUT2D eigenvalue weighted by molar-refractivity contribution is -0.137. The van der Waals surface area contributed by atoms with Crippen LogP contribution in [-0.4, -0.2) is 14.0 Å². The van der Waals surface area contributed by atoms with Gasteiger partial charge in [-0.2, -0.15) is 13.2 Å². The van der Waals surface area contributed by atoms with E-state index < -0.39 is 22.7 Å². The first-order valence-corrected chi connectivity index (χ1v) is 11.4. The first-order chi connectivity index (χ1) is 14.2. The van der Waals surface area contributed by atoms with Gasteiger partial charge in [0.1, 0.15) is 0 Å². The summed E-state index contributed by atoms with van der Waals surface area (Å²) in [6.45, 7) is 5.44. The molecule has 1 N–H and O–H groups in total. The van der Waals surface area contributed by atoms with Gasteiger partial charge in [-0.3, -0.25) is 0 Å². The lowest BCUT2D eigenvalue weighted by atomic mass is 9.98. The molecular formula is C23H25F3N2OS. The highest BCUT2D eigenvalue weighted by molar-refractivity contribution is 7.83. The number of halogens is 3. The molecule has 1 atom stereocenters. The van der Waals surface area contributed by atoms with Crippen LogP contribution >= 0.6 is 0 Å². The van der Waals surface area contributed by atoms with Gasteiger partial charge in [-0.05, 0) is 47.6 Å². The van der Waals surface area contributed by atoms with Crippen molar-refractivity contribution in [1.82, 2.24) is 9.29 Å². The quantitative estimate of drug-likeness (QED) is 0.494. The predicted octanol–water partition coefficient (Wildman–Crippen LogP) is 5.90. The summed E-state index contributed by atoms with van der Waals surface area (Å²) in [5.41, 5.74) is 1.99. The zero-order valence-corrected chi connectivity index (χ0v) is 17.8. The van der Waals surface area contributed by atoms with Gasteiger partial charge in [0.2, 0.25) is 0 Å². The summed E-state index contributed by atoms with van der Waals surface area (Å²) in [6, 6.07) is 11.1. The molecule has 160 valence electrons. The van der Waals surface area contributed by atoms with Crippen LogP contribution in [0.4, 0.5) is 13.2 Å². The molecule has 1 heterocycles. The van der Waals surface area contributed by atoms with Crippen molar-refractivity contribution in [3.63, 3.8) is 0 Å². The minimum atomic E-state index is -4.41. The van der Waals surface area contributed by atoms with E-state index in [1.54, 1.807) is 12.1 Å². The van der Waals surface area contributed by atoms with Crippen LogP contribution in [0.2, 0.25) is 0 Å². The van der Waals surface area contributed by atoms with Crippen molar-refractivity contribution in [3.05, 3.63) is 59.8 Å². The van der Waals surface area contributed by atoms with Gasteiger partial charge in [-0.25, -0.2) is 8.93 Å². The minimum Gasteiger partial charge on any atom is -0.347 e. The van der Waals surface area contributed by atoms with Crippen LogP contribution in [-0.2, 0) is 30.3 Å². The second kappa shape index (κ2) is 8.19. The molecule has 0 amide bonds. The number of rotatable bonds is 7. The van der Waals surface area contributed by atoms with E-state index in [1.807, 2.05) is 18.3 Å². The number of fused-ring (bicyclic) bond motifs is 1. The molecule has 7 heteroatoms. The van der Waals surface area contributed by atoms with E-state index in [2.05, 4.69) is 23.1 Å². The molecule has 0 spiro atoms. The highest BCUT2D eigenvalue weighted by Crippen LogP contribution is 2.38. The maximum atomic E-state index is 13.5. The highest BCUT2D eigenvalue weighted by Gasteiger charge is 2.33. The molecule has 0 bridgehead atoms. The van der Waals surface area contributed by atoms with Crippen LogP contribution in [0.1, 0.15) is 37.8 Å². The Hall–Kier alpha value is -2.12. The van der Waals surface area contributed by atoms with Gasteiger partial charge in [0.05, 0.1) is 16.5 Å². The molecule has 1 aliphatic rings. The van der Waals surface area contributed by atoms with E-state index in [9.17, 15) is 17.4 Å². The molecule has 2 aromatic carbocycles. The van der Waals surface area contributed by atoms with Crippen LogP contribution in [0.25, 0.3) is 22.0 Å². The average Bonchev–Trinajstić information content (AvgIpc) is 3.49. The molecule has 0 aliphatic heterocycles. The molecule has 1 aromatic heterocycles. The summed E-state index contributed by atoms with van der Waals surface area (Å²) in [7, 11) is -1.04. The highest BCUT2D eigenvalue weighted by atomic mass is 32.2. The fourth-order valence-corrected chi connectivity index (χ4v) is 4.85. The van der Waals surface area contributed by atoms with E-state index in [-0.39, 0.29) is 10.8 Å². The first kappa shape index (κ1) is 21.1. The predicted molar refractivity (Wildman–Crippen MR) is 115 cm³/mol. The van der Waals surface area contributed by atoms with Crippen molar-refractivity contribution in [2.75, 3.05) is 0 Å². The molecule has 1 unspecified atom stereocenters. The second-order valence-corrected chi connectivity index (χ2v) is 9.84. The Balaban J connectivity index is 1.75. The molecule has 1 saturated carbocycles. The van der Waals surface area contributed by atoms with E-state index in [0.29, 0.717) is 18.0 Å². The Morgan fingerprint density at radius 1 is 1.17 bits per heavy atom. The number of hydrogen-bond donors (Lipinski definition) is 1. The molecule has 3 nitrogen and oxygen atoms in total. The van der Waals surface area contributed by atoms with Crippen molar-refractivity contribution < 1.29 is 17.4 Å². The maximum absolute atomic E-state index is 13.5. The summed E-state index contributed by atoms with van der Waals surface area (Å²) in [5, 5.41) is 1.23. The summed E-state index contributed by atoms with van der Waals surface area (Å²) in [6.07, 6.45) is -0.387. The van der Waals surface area contributed by atoms with E-state index in [4.69, 9.17) is 0 Å². The fourth-order valence-electron chi connectivity index (χ4n) is 3.75. The topological polar surface area (TPSA) is 34.0 Å². The molecule has 1 aliphatic carbocycles. The van der Waals surface area contributed by atoms with Gasteiger partial charge < -0.3 is 4.57 Å². The second-order valence-electron chi connectivity index (χ2n) is 8.29. The van der Waals surface area contributed by atoms with Crippen molar-refractivity contribution in [1.29, 1.82) is 0 Å². The van der Waals surface area contributed by atoms with Gasteiger partial charge in [0.25, 0.3) is 0 Å². The Labute approximate surface area is 176 Å². The lowest BCUT2D eigenvalue weighted by Gasteiger charge is -2.14. The van der Waals surface area contributed by atoms with Gasteiger partial charge >= 0.3 is 6.18 Å². The molecule has 30 heavy (non-hydrogen) atoms. The van der Waals surface area contributed by atoms with Crippen LogP contribution in [0.5, 0.6) is 0 Å². The van der Waals surface area contributed by atoms with Gasteiger partial charge in [-0.15, -0.1) is 0 Å². The van der Waals surface area contributed by atoms with Gasteiger partial charge in [0, 0.05) is 35.4 Å². The molecule has 4 rings (SSSR count). The molecular weight excluding hydrogens is 409 g/mol. The number of hydrogen-bond acceptors (Lipinski definition) is 1. The number of nitrogens with one attached hydrogen (secondary N) is 1. The van der Waals surface area contributed by atoms with Crippen molar-refractivity contribution in [2.45, 2.75) is 51.2 Å². The zero-order chi connectivity index (χ0) is 21.5. The van der Waals surface area contributed by atoms with Gasteiger partial charge in [-0.1, -0.05) is 44.2 Å². The monoisotopic (exact) mass is 434 g/mol. The minimum absolute atomic E-state index is 0.179. The first-order valence-electron chi connectivity index (χ1n) is 10.2. The SMILES string of the molecule is CC(C)Cn1cc(CNS(=O)C2CC2)c2ccc(-c3ccccc3C(F)(F)F)cc21. The summed E-state index contributed by atoms with van der Waals surface area (Å²) in [5.74, 6) is 0.383. The molecule has 0 saturated heterocycles. The smallest absolute Gasteiger partial charge is 0.347 e. The molecule has 3 aromatic rings. The number of benzene rings is 2. The van der Waals surface area contributed by atoms with Crippen LogP contribution < -0.4 is 4.72 Å². The van der Waals surface area contributed by atoms with Crippen molar-refractivity contribution in [3.8, 4) is 11.1 Å². The van der Waals surface area contributed by atoms with Crippen molar-refractivity contribution >= 4 is 21.9 Å². The molecule has 1 fully saturated rings. The van der Waals surface area contributed by atoms with Crippen LogP contribution in [0.3, 0.4) is 0 Å². The number of nitrogens with zero attached hydrogens (tertiary/aromatic N) is 1. The van der Waals surface area contributed by atoms with Gasteiger partial charge in [0.15, 0.2) is 0 Å². The average molecular weight is 435 g/mol. The third kappa shape index (κ3) is 4.47. The normalized spacial score (nSPS) is 15.8. The van der Waals surface area contributed by atoms with E-state index in [0.717, 1.165) is 41.9 Å². The maximum Gasteiger partial charge on any atom is 0.417 e. The lowest BCUT2D eigenvalue weighted by Crippen LogP contribution is -2.19. The summed E-state index contributed by atoms with van der Waals surface area (Å²) < 4.78 is 57.9. The third-order valence-electron chi connectivity index (χ3n) is 5.30. The largest absolute Gasteiger partial charge is 0.417 e. The number of alkyl halides is 3. The number of aromatic nitrogens is 1. The standard InChI is InChI=1S/C23H25F3N2OS/c1-15(2)13-28-14-17(12-27-30(29)18-8-9-18)20-10-7-16(11-22(20)28)19-5-3-4-6-21(19)23(24,25)26/h3-7,10-11,14-15,18,27H,8-9,12-13H2,1-2H3. The summed E-state index contributed by atoms with van der Waals surface area (Å²) >= 11 is 0. The molecule has 0 radical (unpaired) electrons. The van der Waals surface area contributed by atoms with E-state index >= 15 is 0 Å². The zero-order valence-electron chi connectivity index (χ0n) is 17.0. The Morgan fingerprint density at radius 3 is 2.57 bits per heavy atom. The van der Waals surface area contributed by atoms with E-state index in [1.165, 1.54) is 12.1 Å². The van der Waals surface area contributed by atoms with Crippen LogP contribution in [0, 0.1) is 5.92 Å². The fraction of sp³-hybridized carbons (Fsp3) is 0.391. The van der Waals surface area contributed by atoms with Crippen LogP contribution in [0.15, 0.2) is 48.7 Å². The third-order valence-corrected chi connectivity index (χ3v) is 6.81. The summed E-state index contributed by atoms with van der Waals surface area (Å²) in [4.78, 5) is 0. The van der Waals surface area contributed by atoms with Crippen molar-refractivity contribution in [2.24, 2.45) is 5.92 Å².